The standard InChI is InChI=1S/C13H12FN3O2/c1-7-9(14)3-4-10(19-2)11(7)12(18)8-5-16-6-17-13(8)15/h3-6H,1-2H3,(H2,15,16,17). The van der Waals surface area contributed by atoms with Crippen LogP contribution >= 0.6 is 0 Å². The number of carbonyl (C=O) groups is 1. The summed E-state index contributed by atoms with van der Waals surface area (Å²) in [6, 6.07) is 2.64. The number of ketones is 1. The molecule has 2 aromatic rings. The van der Waals surface area contributed by atoms with E-state index in [1.165, 1.54) is 38.7 Å². The normalized spacial score (nSPS) is 10.3. The predicted molar refractivity (Wildman–Crippen MR) is 67.6 cm³/mol. The number of hydrogen-bond acceptors (Lipinski definition) is 5. The first-order valence-corrected chi connectivity index (χ1v) is 5.49. The van der Waals surface area contributed by atoms with Gasteiger partial charge < -0.3 is 10.5 Å². The molecule has 0 spiro atoms. The molecule has 19 heavy (non-hydrogen) atoms. The molecule has 0 radical (unpaired) electrons. The molecule has 0 atom stereocenters. The van der Waals surface area contributed by atoms with Gasteiger partial charge in [-0.1, -0.05) is 0 Å². The quantitative estimate of drug-likeness (QED) is 0.851. The van der Waals surface area contributed by atoms with Gasteiger partial charge >= 0.3 is 0 Å². The zero-order valence-electron chi connectivity index (χ0n) is 10.5. The van der Waals surface area contributed by atoms with Gasteiger partial charge in [0.15, 0.2) is 0 Å². The number of halogens is 1. The summed E-state index contributed by atoms with van der Waals surface area (Å²) < 4.78 is 18.7. The second-order valence-electron chi connectivity index (χ2n) is 3.90. The molecule has 0 fully saturated rings. The summed E-state index contributed by atoms with van der Waals surface area (Å²) in [5, 5.41) is 0. The van der Waals surface area contributed by atoms with Crippen LogP contribution in [-0.4, -0.2) is 22.9 Å². The molecule has 0 saturated carbocycles. The topological polar surface area (TPSA) is 78.1 Å². The SMILES string of the molecule is COc1ccc(F)c(C)c1C(=O)c1cncnc1N. The number of nitrogens with zero attached hydrogens (tertiary/aromatic N) is 2. The fraction of sp³-hybridized carbons (Fsp3) is 0.154. The number of hydrogen-bond donors (Lipinski definition) is 1. The van der Waals surface area contributed by atoms with Gasteiger partial charge in [-0.25, -0.2) is 14.4 Å². The number of nitrogens with two attached hydrogens (primary N) is 1. The van der Waals surface area contributed by atoms with E-state index in [2.05, 4.69) is 9.97 Å². The van der Waals surface area contributed by atoms with Gasteiger partial charge in [-0.3, -0.25) is 4.79 Å². The fourth-order valence-electron chi connectivity index (χ4n) is 1.76. The van der Waals surface area contributed by atoms with Gasteiger partial charge in [0.25, 0.3) is 0 Å². The minimum absolute atomic E-state index is 0.0470. The van der Waals surface area contributed by atoms with Crippen LogP contribution in [0.3, 0.4) is 0 Å². The van der Waals surface area contributed by atoms with Crippen LogP contribution in [0.1, 0.15) is 21.5 Å². The second kappa shape index (κ2) is 5.01. The van der Waals surface area contributed by atoms with E-state index in [1.54, 1.807) is 0 Å². The molecule has 2 N–H and O–H groups in total. The van der Waals surface area contributed by atoms with E-state index in [4.69, 9.17) is 10.5 Å². The van der Waals surface area contributed by atoms with Gasteiger partial charge in [0.2, 0.25) is 5.78 Å². The Morgan fingerprint density at radius 3 is 2.79 bits per heavy atom. The highest BCUT2D eigenvalue weighted by atomic mass is 19.1. The smallest absolute Gasteiger partial charge is 0.202 e. The van der Waals surface area contributed by atoms with Crippen molar-refractivity contribution in [3.05, 3.63) is 47.2 Å². The maximum Gasteiger partial charge on any atom is 0.202 e. The Morgan fingerprint density at radius 1 is 1.42 bits per heavy atom. The first kappa shape index (κ1) is 12.9. The number of rotatable bonds is 3. The van der Waals surface area contributed by atoms with Crippen molar-refractivity contribution in [3.63, 3.8) is 0 Å². The predicted octanol–water partition coefficient (Wildman–Crippen LogP) is 1.75. The van der Waals surface area contributed by atoms with E-state index in [-0.39, 0.29) is 28.3 Å². The van der Waals surface area contributed by atoms with Crippen molar-refractivity contribution in [3.8, 4) is 5.75 Å². The zero-order chi connectivity index (χ0) is 14.0. The summed E-state index contributed by atoms with van der Waals surface area (Å²) in [7, 11) is 1.41. The fourth-order valence-corrected chi connectivity index (χ4v) is 1.76. The van der Waals surface area contributed by atoms with E-state index in [1.807, 2.05) is 0 Å². The molecular formula is C13H12FN3O2. The minimum atomic E-state index is -0.487. The highest BCUT2D eigenvalue weighted by Crippen LogP contribution is 2.27. The van der Waals surface area contributed by atoms with E-state index in [0.29, 0.717) is 0 Å². The summed E-state index contributed by atoms with van der Waals surface area (Å²) >= 11 is 0. The van der Waals surface area contributed by atoms with Crippen molar-refractivity contribution in [1.29, 1.82) is 0 Å². The molecule has 1 aromatic carbocycles. The Balaban J connectivity index is 2.62. The van der Waals surface area contributed by atoms with Crippen molar-refractivity contribution in [1.82, 2.24) is 9.97 Å². The average molecular weight is 261 g/mol. The number of anilines is 1. The number of nitrogen functional groups attached to an aromatic ring is 1. The zero-order valence-corrected chi connectivity index (χ0v) is 10.5. The Labute approximate surface area is 109 Å². The number of carbonyl (C=O) groups excluding carboxylic acids is 1. The third-order valence-corrected chi connectivity index (χ3v) is 2.80. The van der Waals surface area contributed by atoms with E-state index >= 15 is 0 Å². The molecule has 0 bridgehead atoms. The molecule has 98 valence electrons. The Hall–Kier alpha value is -2.50. The molecule has 6 heteroatoms. The van der Waals surface area contributed by atoms with E-state index < -0.39 is 11.6 Å². The molecular weight excluding hydrogens is 249 g/mol. The molecule has 0 unspecified atom stereocenters. The Kier molecular flexibility index (Phi) is 3.41. The number of ether oxygens (including phenoxy) is 1. The van der Waals surface area contributed by atoms with Gasteiger partial charge in [0.05, 0.1) is 18.2 Å². The first-order chi connectivity index (χ1) is 9.06. The Morgan fingerprint density at radius 2 is 2.16 bits per heavy atom. The summed E-state index contributed by atoms with van der Waals surface area (Å²) in [5.41, 5.74) is 6.08. The lowest BCUT2D eigenvalue weighted by Crippen LogP contribution is -2.11. The van der Waals surface area contributed by atoms with Crippen molar-refractivity contribution in [2.75, 3.05) is 12.8 Å². The number of methoxy groups -OCH3 is 1. The van der Waals surface area contributed by atoms with Gasteiger partial charge in [-0.2, -0.15) is 0 Å². The van der Waals surface area contributed by atoms with E-state index in [0.717, 1.165) is 0 Å². The van der Waals surface area contributed by atoms with Crippen LogP contribution in [0.4, 0.5) is 10.2 Å². The lowest BCUT2D eigenvalue weighted by Gasteiger charge is -2.11. The van der Waals surface area contributed by atoms with Crippen molar-refractivity contribution in [2.24, 2.45) is 0 Å². The third kappa shape index (κ3) is 2.24. The maximum absolute atomic E-state index is 13.6. The van der Waals surface area contributed by atoms with Crippen LogP contribution in [0.25, 0.3) is 0 Å². The minimum Gasteiger partial charge on any atom is -0.496 e. The van der Waals surface area contributed by atoms with Crippen LogP contribution in [0.2, 0.25) is 0 Å². The summed E-state index contributed by atoms with van der Waals surface area (Å²) in [6.45, 7) is 1.51. The molecule has 5 nitrogen and oxygen atoms in total. The van der Waals surface area contributed by atoms with Crippen LogP contribution in [0.5, 0.6) is 5.75 Å². The number of benzene rings is 1. The van der Waals surface area contributed by atoms with Gasteiger partial charge in [0.1, 0.15) is 23.7 Å². The summed E-state index contributed by atoms with van der Waals surface area (Å²) in [5.74, 6) is -0.621. The monoisotopic (exact) mass is 261 g/mol. The molecule has 2 rings (SSSR count). The Bertz CT molecular complexity index is 644. The summed E-state index contributed by atoms with van der Waals surface area (Å²) in [4.78, 5) is 19.9. The molecule has 1 heterocycles. The largest absolute Gasteiger partial charge is 0.496 e. The molecule has 1 aromatic heterocycles. The second-order valence-corrected chi connectivity index (χ2v) is 3.90. The van der Waals surface area contributed by atoms with Gasteiger partial charge in [0, 0.05) is 6.20 Å². The van der Waals surface area contributed by atoms with Crippen LogP contribution in [0.15, 0.2) is 24.7 Å². The lowest BCUT2D eigenvalue weighted by molar-refractivity contribution is 0.103. The third-order valence-electron chi connectivity index (χ3n) is 2.80. The molecule has 0 aliphatic carbocycles. The molecule has 0 saturated heterocycles. The lowest BCUT2D eigenvalue weighted by atomic mass is 9.99. The van der Waals surface area contributed by atoms with Gasteiger partial charge in [-0.15, -0.1) is 0 Å². The molecule has 0 aliphatic rings. The average Bonchev–Trinajstić information content (AvgIpc) is 2.41. The van der Waals surface area contributed by atoms with Crippen molar-refractivity contribution >= 4 is 11.6 Å². The molecule has 0 aliphatic heterocycles. The van der Waals surface area contributed by atoms with Crippen LogP contribution < -0.4 is 10.5 Å². The van der Waals surface area contributed by atoms with Gasteiger partial charge in [-0.05, 0) is 24.6 Å². The highest BCUT2D eigenvalue weighted by molar-refractivity contribution is 6.13. The van der Waals surface area contributed by atoms with E-state index in [9.17, 15) is 9.18 Å². The highest BCUT2D eigenvalue weighted by Gasteiger charge is 2.21. The number of aromatic nitrogens is 2. The first-order valence-electron chi connectivity index (χ1n) is 5.49. The van der Waals surface area contributed by atoms with Crippen molar-refractivity contribution in [2.45, 2.75) is 6.92 Å². The summed E-state index contributed by atoms with van der Waals surface area (Å²) in [6.07, 6.45) is 2.54. The van der Waals surface area contributed by atoms with Crippen LogP contribution in [0, 0.1) is 12.7 Å². The molecule has 0 amide bonds. The van der Waals surface area contributed by atoms with Crippen LogP contribution in [-0.2, 0) is 0 Å². The maximum atomic E-state index is 13.6. The van der Waals surface area contributed by atoms with Crippen molar-refractivity contribution < 1.29 is 13.9 Å².